The summed E-state index contributed by atoms with van der Waals surface area (Å²) < 4.78 is 48.9. The van der Waals surface area contributed by atoms with E-state index in [1.54, 1.807) is 0 Å². The molecule has 3 rings (SSSR count). The van der Waals surface area contributed by atoms with E-state index in [9.17, 15) is 33.0 Å². The molecule has 0 saturated carbocycles. The lowest BCUT2D eigenvalue weighted by molar-refractivity contribution is -0.139. The second-order valence-corrected chi connectivity index (χ2v) is 10.1. The number of aromatic nitrogens is 2. The lowest BCUT2D eigenvalue weighted by Crippen LogP contribution is -2.28. The Hall–Kier alpha value is -3.90. The van der Waals surface area contributed by atoms with Crippen molar-refractivity contribution in [2.75, 3.05) is 14.2 Å². The zero-order valence-electron chi connectivity index (χ0n) is 23.3. The summed E-state index contributed by atoms with van der Waals surface area (Å²) in [6.07, 6.45) is -2.67. The Kier molecular flexibility index (Phi) is 10.5. The first-order valence-electron chi connectivity index (χ1n) is 13.1. The molecule has 3 N–H and O–H groups in total. The van der Waals surface area contributed by atoms with Crippen molar-refractivity contribution in [3.05, 3.63) is 76.4 Å². The molecule has 12 heteroatoms. The van der Waals surface area contributed by atoms with Gasteiger partial charge in [-0.05, 0) is 61.6 Å². The second-order valence-electron chi connectivity index (χ2n) is 10.1. The van der Waals surface area contributed by atoms with Crippen LogP contribution in [0.25, 0.3) is 5.69 Å². The number of carbonyl (C=O) groups excluding carboxylic acids is 1. The molecule has 0 aliphatic heterocycles. The number of ether oxygens (including phenoxy) is 1. The Morgan fingerprint density at radius 1 is 1.05 bits per heavy atom. The van der Waals surface area contributed by atoms with E-state index in [1.807, 2.05) is 13.8 Å². The van der Waals surface area contributed by atoms with Crippen LogP contribution in [0, 0.1) is 17.5 Å². The minimum atomic E-state index is -1.24. The van der Waals surface area contributed by atoms with Crippen molar-refractivity contribution < 1.29 is 42.8 Å². The van der Waals surface area contributed by atoms with Gasteiger partial charge in [-0.15, -0.1) is 0 Å². The molecule has 0 radical (unpaired) electrons. The molecule has 41 heavy (non-hydrogen) atoms. The van der Waals surface area contributed by atoms with Gasteiger partial charge in [0.2, 0.25) is 0 Å². The molecule has 1 amide bonds. The number of carbonyl (C=O) groups is 2. The molecule has 3 aromatic rings. The first-order valence-corrected chi connectivity index (χ1v) is 13.1. The molecule has 0 spiro atoms. The fourth-order valence-corrected chi connectivity index (χ4v) is 4.69. The summed E-state index contributed by atoms with van der Waals surface area (Å²) in [6, 6.07) is 7.63. The highest BCUT2D eigenvalue weighted by Crippen LogP contribution is 2.30. The predicted octanol–water partition coefficient (Wildman–Crippen LogP) is 4.21. The van der Waals surface area contributed by atoms with E-state index in [-0.39, 0.29) is 48.7 Å². The summed E-state index contributed by atoms with van der Waals surface area (Å²) in [6.45, 7) is 3.37. The van der Waals surface area contributed by atoms with Gasteiger partial charge in [0.15, 0.2) is 17.3 Å². The predicted molar refractivity (Wildman–Crippen MR) is 144 cm³/mol. The average molecular weight is 578 g/mol. The largest absolute Gasteiger partial charge is 0.496 e. The van der Waals surface area contributed by atoms with E-state index in [0.717, 1.165) is 6.07 Å². The first-order chi connectivity index (χ1) is 19.3. The van der Waals surface area contributed by atoms with Crippen molar-refractivity contribution in [1.82, 2.24) is 14.7 Å². The Balaban J connectivity index is 2.00. The van der Waals surface area contributed by atoms with Crippen molar-refractivity contribution in [2.45, 2.75) is 64.2 Å². The molecule has 0 fully saturated rings. The zero-order valence-corrected chi connectivity index (χ0v) is 23.3. The van der Waals surface area contributed by atoms with Crippen molar-refractivity contribution in [1.29, 1.82) is 0 Å². The van der Waals surface area contributed by atoms with Gasteiger partial charge in [0, 0.05) is 18.3 Å². The SMILES string of the molecule is COc1ccc(F)c(F)c1CN(C)C(=O)c1nn(-c2ccc(F)cc2)c(CC[C@@H](O)C[C@@H](O)CC(=O)O)c1C(C)C. The Morgan fingerprint density at radius 3 is 2.29 bits per heavy atom. The summed E-state index contributed by atoms with van der Waals surface area (Å²) >= 11 is 0. The van der Waals surface area contributed by atoms with Gasteiger partial charge in [0.05, 0.1) is 43.5 Å². The molecule has 1 aromatic heterocycles. The number of aliphatic hydroxyl groups excluding tert-OH is 2. The number of nitrogens with zero attached hydrogens (tertiary/aromatic N) is 3. The Labute approximate surface area is 235 Å². The number of hydrogen-bond donors (Lipinski definition) is 3. The van der Waals surface area contributed by atoms with Crippen LogP contribution in [0.15, 0.2) is 36.4 Å². The Bertz CT molecular complexity index is 1380. The fourth-order valence-electron chi connectivity index (χ4n) is 4.69. The van der Waals surface area contributed by atoms with Gasteiger partial charge in [-0.3, -0.25) is 9.59 Å². The number of carboxylic acid groups (broad SMARTS) is 1. The van der Waals surface area contributed by atoms with Crippen LogP contribution in [0.4, 0.5) is 13.2 Å². The van der Waals surface area contributed by atoms with Crippen molar-refractivity contribution in [3.8, 4) is 11.4 Å². The lowest BCUT2D eigenvalue weighted by atomic mass is 9.95. The Morgan fingerprint density at radius 2 is 1.71 bits per heavy atom. The molecular formula is C29H34F3N3O6. The highest BCUT2D eigenvalue weighted by molar-refractivity contribution is 5.94. The molecule has 222 valence electrons. The molecule has 2 atom stereocenters. The molecule has 0 unspecified atom stereocenters. The fraction of sp³-hybridized carbons (Fsp3) is 0.414. The van der Waals surface area contributed by atoms with E-state index < -0.39 is 48.0 Å². The monoisotopic (exact) mass is 577 g/mol. The number of hydrogen-bond acceptors (Lipinski definition) is 6. The van der Waals surface area contributed by atoms with Crippen LogP contribution in [0.1, 0.15) is 66.3 Å². The van der Waals surface area contributed by atoms with Crippen LogP contribution in [-0.4, -0.2) is 68.2 Å². The van der Waals surface area contributed by atoms with E-state index in [0.29, 0.717) is 16.9 Å². The maximum atomic E-state index is 14.6. The number of methoxy groups -OCH3 is 1. The number of aliphatic hydroxyl groups is 2. The maximum absolute atomic E-state index is 14.6. The van der Waals surface area contributed by atoms with Gasteiger partial charge in [-0.2, -0.15) is 5.10 Å². The van der Waals surface area contributed by atoms with Gasteiger partial charge in [0.25, 0.3) is 5.91 Å². The number of aliphatic carboxylic acids is 1. The highest BCUT2D eigenvalue weighted by atomic mass is 19.2. The minimum Gasteiger partial charge on any atom is -0.496 e. The smallest absolute Gasteiger partial charge is 0.305 e. The molecule has 0 aliphatic rings. The highest BCUT2D eigenvalue weighted by Gasteiger charge is 2.29. The normalized spacial score (nSPS) is 12.8. The molecule has 9 nitrogen and oxygen atoms in total. The molecule has 1 heterocycles. The van der Waals surface area contributed by atoms with Crippen molar-refractivity contribution in [3.63, 3.8) is 0 Å². The quantitative estimate of drug-likeness (QED) is 0.278. The van der Waals surface area contributed by atoms with E-state index >= 15 is 0 Å². The van der Waals surface area contributed by atoms with Crippen LogP contribution in [0.5, 0.6) is 5.75 Å². The number of benzene rings is 2. The van der Waals surface area contributed by atoms with E-state index in [2.05, 4.69) is 5.10 Å². The second kappa shape index (κ2) is 13.6. The first kappa shape index (κ1) is 31.6. The summed E-state index contributed by atoms with van der Waals surface area (Å²) in [4.78, 5) is 25.7. The topological polar surface area (TPSA) is 125 Å². The van der Waals surface area contributed by atoms with Gasteiger partial charge >= 0.3 is 5.97 Å². The van der Waals surface area contributed by atoms with Crippen molar-refractivity contribution in [2.24, 2.45) is 0 Å². The maximum Gasteiger partial charge on any atom is 0.305 e. The van der Waals surface area contributed by atoms with Gasteiger partial charge in [-0.25, -0.2) is 17.9 Å². The van der Waals surface area contributed by atoms with Crippen LogP contribution >= 0.6 is 0 Å². The summed E-state index contributed by atoms with van der Waals surface area (Å²) in [5.74, 6) is -4.64. The summed E-state index contributed by atoms with van der Waals surface area (Å²) in [5, 5.41) is 33.8. The third-order valence-corrected chi connectivity index (χ3v) is 6.66. The number of amides is 1. The molecule has 0 saturated heterocycles. The molecule has 0 aliphatic carbocycles. The molecular weight excluding hydrogens is 543 g/mol. The van der Waals surface area contributed by atoms with Gasteiger partial charge in [0.1, 0.15) is 11.6 Å². The lowest BCUT2D eigenvalue weighted by Gasteiger charge is -2.20. The third kappa shape index (κ3) is 7.65. The van der Waals surface area contributed by atoms with Crippen molar-refractivity contribution >= 4 is 11.9 Å². The van der Waals surface area contributed by atoms with E-state index in [4.69, 9.17) is 9.84 Å². The molecule has 2 aromatic carbocycles. The van der Waals surface area contributed by atoms with Crippen LogP contribution in [-0.2, 0) is 17.8 Å². The summed E-state index contributed by atoms with van der Waals surface area (Å²) in [7, 11) is 2.72. The minimum absolute atomic E-state index is 0.0398. The average Bonchev–Trinajstić information content (AvgIpc) is 3.29. The van der Waals surface area contributed by atoms with Gasteiger partial charge < -0.3 is 25.0 Å². The number of carboxylic acids is 1. The number of halogens is 3. The summed E-state index contributed by atoms with van der Waals surface area (Å²) in [5.41, 5.74) is 1.43. The molecule has 0 bridgehead atoms. The zero-order chi connectivity index (χ0) is 30.4. The van der Waals surface area contributed by atoms with E-state index in [1.165, 1.54) is 54.1 Å². The van der Waals surface area contributed by atoms with Crippen LogP contribution < -0.4 is 4.74 Å². The number of rotatable bonds is 13. The third-order valence-electron chi connectivity index (χ3n) is 6.66. The van der Waals surface area contributed by atoms with Gasteiger partial charge in [-0.1, -0.05) is 13.8 Å². The van der Waals surface area contributed by atoms with Crippen LogP contribution in [0.2, 0.25) is 0 Å². The van der Waals surface area contributed by atoms with Crippen LogP contribution in [0.3, 0.4) is 0 Å². The standard InChI is InChI=1S/C29H34F3N3O6/c1-16(2)26-23(11-9-19(36)13-20(37)14-25(38)39)35(18-7-5-17(30)6-8-18)33-28(26)29(40)34(3)15-21-24(41-4)12-10-22(31)27(21)32/h5-8,10,12,16,19-20,36-37H,9,11,13-15H2,1-4H3,(H,38,39)/t19-,20-/m1/s1.